The smallest absolute Gasteiger partial charge is 0.124 e. The van der Waals surface area contributed by atoms with Crippen molar-refractivity contribution >= 4 is 6.29 Å². The molecule has 3 nitrogen and oxygen atoms in total. The molecule has 1 aromatic rings. The molecule has 1 aliphatic heterocycles. The van der Waals surface area contributed by atoms with E-state index in [0.717, 1.165) is 44.5 Å². The monoisotopic (exact) mass is 233 g/mol. The van der Waals surface area contributed by atoms with E-state index < -0.39 is 0 Å². The van der Waals surface area contributed by atoms with Crippen LogP contribution in [0.5, 0.6) is 5.75 Å². The molecule has 1 heterocycles. The Morgan fingerprint density at radius 3 is 2.94 bits per heavy atom. The SMILES string of the molecule is O=CC1CCCN(CCOc2ccccc2)C1. The first-order valence-corrected chi connectivity index (χ1v) is 6.24. The summed E-state index contributed by atoms with van der Waals surface area (Å²) in [5.41, 5.74) is 0. The van der Waals surface area contributed by atoms with Crippen LogP contribution in [0.25, 0.3) is 0 Å². The number of carbonyl (C=O) groups is 1. The van der Waals surface area contributed by atoms with Gasteiger partial charge in [0.05, 0.1) is 0 Å². The Bertz CT molecular complexity index is 339. The average molecular weight is 233 g/mol. The summed E-state index contributed by atoms with van der Waals surface area (Å²) in [6.45, 7) is 3.57. The number of hydrogen-bond donors (Lipinski definition) is 0. The van der Waals surface area contributed by atoms with Crippen LogP contribution in [0.15, 0.2) is 30.3 Å². The Labute approximate surface area is 102 Å². The molecule has 0 bridgehead atoms. The van der Waals surface area contributed by atoms with E-state index >= 15 is 0 Å². The molecule has 0 aliphatic carbocycles. The first-order valence-electron chi connectivity index (χ1n) is 6.24. The van der Waals surface area contributed by atoms with E-state index in [-0.39, 0.29) is 5.92 Å². The lowest BCUT2D eigenvalue weighted by Crippen LogP contribution is -2.38. The van der Waals surface area contributed by atoms with Crippen LogP contribution in [-0.4, -0.2) is 37.4 Å². The van der Waals surface area contributed by atoms with Gasteiger partial charge in [0.15, 0.2) is 0 Å². The maximum Gasteiger partial charge on any atom is 0.124 e. The van der Waals surface area contributed by atoms with Crippen LogP contribution in [0.3, 0.4) is 0 Å². The number of benzene rings is 1. The largest absolute Gasteiger partial charge is 0.492 e. The maximum absolute atomic E-state index is 10.7. The fourth-order valence-corrected chi connectivity index (χ4v) is 2.21. The topological polar surface area (TPSA) is 29.5 Å². The molecular weight excluding hydrogens is 214 g/mol. The lowest BCUT2D eigenvalue weighted by atomic mass is 10.00. The Hall–Kier alpha value is -1.35. The first kappa shape index (κ1) is 12.1. The third kappa shape index (κ3) is 3.86. The molecule has 17 heavy (non-hydrogen) atoms. The minimum Gasteiger partial charge on any atom is -0.492 e. The van der Waals surface area contributed by atoms with Gasteiger partial charge in [-0.15, -0.1) is 0 Å². The summed E-state index contributed by atoms with van der Waals surface area (Å²) in [5, 5.41) is 0. The molecule has 0 N–H and O–H groups in total. The molecule has 1 saturated heterocycles. The van der Waals surface area contributed by atoms with Crippen molar-refractivity contribution in [2.75, 3.05) is 26.2 Å². The van der Waals surface area contributed by atoms with Gasteiger partial charge in [-0.05, 0) is 31.5 Å². The van der Waals surface area contributed by atoms with Gasteiger partial charge in [-0.3, -0.25) is 4.90 Å². The standard InChI is InChI=1S/C14H19NO2/c16-12-13-5-4-8-15(11-13)9-10-17-14-6-2-1-3-7-14/h1-3,6-7,12-13H,4-5,8-11H2. The van der Waals surface area contributed by atoms with Crippen LogP contribution in [-0.2, 0) is 4.79 Å². The quantitative estimate of drug-likeness (QED) is 0.728. The van der Waals surface area contributed by atoms with Crippen molar-refractivity contribution in [3.63, 3.8) is 0 Å². The number of ether oxygens (including phenoxy) is 1. The van der Waals surface area contributed by atoms with Gasteiger partial charge in [-0.25, -0.2) is 0 Å². The number of likely N-dealkylation sites (tertiary alicyclic amines) is 1. The van der Waals surface area contributed by atoms with Crippen LogP contribution >= 0.6 is 0 Å². The minimum absolute atomic E-state index is 0.223. The average Bonchev–Trinajstić information content (AvgIpc) is 2.40. The normalized spacial score (nSPS) is 21.1. The van der Waals surface area contributed by atoms with E-state index in [2.05, 4.69) is 4.90 Å². The summed E-state index contributed by atoms with van der Waals surface area (Å²) >= 11 is 0. The van der Waals surface area contributed by atoms with Crippen molar-refractivity contribution in [1.82, 2.24) is 4.90 Å². The minimum atomic E-state index is 0.223. The van der Waals surface area contributed by atoms with Gasteiger partial charge < -0.3 is 9.53 Å². The van der Waals surface area contributed by atoms with Crippen molar-refractivity contribution in [2.45, 2.75) is 12.8 Å². The van der Waals surface area contributed by atoms with Crippen LogP contribution in [0.4, 0.5) is 0 Å². The fraction of sp³-hybridized carbons (Fsp3) is 0.500. The second-order valence-electron chi connectivity index (χ2n) is 4.50. The molecule has 0 amide bonds. The predicted octanol–water partition coefficient (Wildman–Crippen LogP) is 1.98. The van der Waals surface area contributed by atoms with Crippen LogP contribution in [0.2, 0.25) is 0 Å². The van der Waals surface area contributed by atoms with E-state index in [1.54, 1.807) is 0 Å². The molecule has 92 valence electrons. The summed E-state index contributed by atoms with van der Waals surface area (Å²) < 4.78 is 5.65. The number of hydrogen-bond acceptors (Lipinski definition) is 3. The zero-order valence-corrected chi connectivity index (χ0v) is 10.0. The van der Waals surface area contributed by atoms with E-state index in [4.69, 9.17) is 4.74 Å². The van der Waals surface area contributed by atoms with Gasteiger partial charge in [-0.2, -0.15) is 0 Å². The Kier molecular flexibility index (Phi) is 4.56. The zero-order chi connectivity index (χ0) is 11.9. The lowest BCUT2D eigenvalue weighted by Gasteiger charge is -2.29. The molecular formula is C14H19NO2. The van der Waals surface area contributed by atoms with Gasteiger partial charge in [0, 0.05) is 19.0 Å². The maximum atomic E-state index is 10.7. The van der Waals surface area contributed by atoms with Gasteiger partial charge in [0.25, 0.3) is 0 Å². The summed E-state index contributed by atoms with van der Waals surface area (Å²) in [5.74, 6) is 1.14. The van der Waals surface area contributed by atoms with Gasteiger partial charge in [0.1, 0.15) is 18.6 Å². The van der Waals surface area contributed by atoms with Crippen LogP contribution < -0.4 is 4.74 Å². The van der Waals surface area contributed by atoms with E-state index in [0.29, 0.717) is 6.61 Å². The highest BCUT2D eigenvalue weighted by Crippen LogP contribution is 2.14. The van der Waals surface area contributed by atoms with Crippen molar-refractivity contribution in [1.29, 1.82) is 0 Å². The summed E-state index contributed by atoms with van der Waals surface area (Å²) in [6, 6.07) is 9.85. The number of aldehydes is 1. The third-order valence-corrected chi connectivity index (χ3v) is 3.15. The summed E-state index contributed by atoms with van der Waals surface area (Å²) in [7, 11) is 0. The number of piperidine rings is 1. The summed E-state index contributed by atoms with van der Waals surface area (Å²) in [4.78, 5) is 13.1. The molecule has 2 rings (SSSR count). The van der Waals surface area contributed by atoms with Gasteiger partial charge >= 0.3 is 0 Å². The van der Waals surface area contributed by atoms with Crippen LogP contribution in [0, 0.1) is 5.92 Å². The van der Waals surface area contributed by atoms with E-state index in [1.807, 2.05) is 30.3 Å². The molecule has 1 aliphatic rings. The number of nitrogens with zero attached hydrogens (tertiary/aromatic N) is 1. The molecule has 3 heteroatoms. The highest BCUT2D eigenvalue weighted by Gasteiger charge is 2.18. The number of rotatable bonds is 5. The van der Waals surface area contributed by atoms with E-state index in [9.17, 15) is 4.79 Å². The third-order valence-electron chi connectivity index (χ3n) is 3.15. The second kappa shape index (κ2) is 6.40. The Balaban J connectivity index is 1.70. The van der Waals surface area contributed by atoms with Crippen molar-refractivity contribution in [3.05, 3.63) is 30.3 Å². The number of para-hydroxylation sites is 1. The molecule has 1 unspecified atom stereocenters. The number of carbonyl (C=O) groups excluding carboxylic acids is 1. The van der Waals surface area contributed by atoms with Crippen molar-refractivity contribution in [3.8, 4) is 5.75 Å². The predicted molar refractivity (Wildman–Crippen MR) is 67.2 cm³/mol. The molecule has 1 aromatic carbocycles. The Morgan fingerprint density at radius 1 is 1.35 bits per heavy atom. The second-order valence-corrected chi connectivity index (χ2v) is 4.50. The first-order chi connectivity index (χ1) is 8.38. The molecule has 1 atom stereocenters. The lowest BCUT2D eigenvalue weighted by molar-refractivity contribution is -0.112. The molecule has 0 saturated carbocycles. The molecule has 0 radical (unpaired) electrons. The molecule has 1 fully saturated rings. The highest BCUT2D eigenvalue weighted by atomic mass is 16.5. The van der Waals surface area contributed by atoms with Crippen LogP contribution in [0.1, 0.15) is 12.8 Å². The van der Waals surface area contributed by atoms with Gasteiger partial charge in [-0.1, -0.05) is 18.2 Å². The Morgan fingerprint density at radius 2 is 2.18 bits per heavy atom. The summed E-state index contributed by atoms with van der Waals surface area (Å²) in [6.07, 6.45) is 3.25. The van der Waals surface area contributed by atoms with Crippen molar-refractivity contribution in [2.24, 2.45) is 5.92 Å². The highest BCUT2D eigenvalue weighted by molar-refractivity contribution is 5.53. The zero-order valence-electron chi connectivity index (χ0n) is 10.0. The fourth-order valence-electron chi connectivity index (χ4n) is 2.21. The molecule has 0 spiro atoms. The molecule has 0 aromatic heterocycles. The van der Waals surface area contributed by atoms with E-state index in [1.165, 1.54) is 0 Å². The van der Waals surface area contributed by atoms with Gasteiger partial charge in [0.2, 0.25) is 0 Å². The van der Waals surface area contributed by atoms with Crippen molar-refractivity contribution < 1.29 is 9.53 Å².